The maximum atomic E-state index is 10.3. The predicted octanol–water partition coefficient (Wildman–Crippen LogP) is 3.91. The molecule has 0 aromatic rings. The summed E-state index contributed by atoms with van der Waals surface area (Å²) in [4.78, 5) is 10.3. The van der Waals surface area contributed by atoms with Crippen molar-refractivity contribution in [2.75, 3.05) is 0 Å². The third kappa shape index (κ3) is 14.8. The topological polar surface area (TPSA) is 57.5 Å². The molecule has 1 atom stereocenters. The Morgan fingerprint density at radius 3 is 2.60 bits per heavy atom. The van der Waals surface area contributed by atoms with Crippen LogP contribution in [0.15, 0.2) is 12.2 Å². The van der Waals surface area contributed by atoms with Crippen LogP contribution in [0.4, 0.5) is 0 Å². The van der Waals surface area contributed by atoms with E-state index in [1.807, 2.05) is 0 Å². The van der Waals surface area contributed by atoms with Gasteiger partial charge in [-0.05, 0) is 31.4 Å². The van der Waals surface area contributed by atoms with E-state index in [0.717, 1.165) is 44.9 Å². The first-order valence-electron chi connectivity index (χ1n) is 7.71. The van der Waals surface area contributed by atoms with Crippen LogP contribution in [0.2, 0.25) is 0 Å². The van der Waals surface area contributed by atoms with Crippen molar-refractivity contribution < 1.29 is 15.0 Å². The summed E-state index contributed by atoms with van der Waals surface area (Å²) in [5, 5.41) is 18.1. The lowest BCUT2D eigenvalue weighted by Crippen LogP contribution is -2.00. The van der Waals surface area contributed by atoms with E-state index in [1.54, 1.807) is 12.2 Å². The van der Waals surface area contributed by atoms with Crippen LogP contribution >= 0.6 is 0 Å². The molecule has 0 amide bonds. The minimum absolute atomic E-state index is 0.268. The van der Waals surface area contributed by atoms with Crippen LogP contribution in [0.25, 0.3) is 0 Å². The largest absolute Gasteiger partial charge is 0.481 e. The van der Waals surface area contributed by atoms with E-state index in [2.05, 4.69) is 18.8 Å². The van der Waals surface area contributed by atoms with Crippen molar-refractivity contribution >= 4 is 5.97 Å². The fourth-order valence-corrected chi connectivity index (χ4v) is 1.83. The number of rotatable bonds is 11. The molecule has 0 radical (unpaired) electrons. The van der Waals surface area contributed by atoms with E-state index in [1.165, 1.54) is 12.8 Å². The van der Waals surface area contributed by atoms with Crippen molar-refractivity contribution in [3.05, 3.63) is 12.2 Å². The van der Waals surface area contributed by atoms with Crippen LogP contribution < -0.4 is 0 Å². The molecule has 20 heavy (non-hydrogen) atoms. The molecule has 0 aliphatic rings. The Labute approximate surface area is 123 Å². The van der Waals surface area contributed by atoms with Crippen molar-refractivity contribution in [3.8, 4) is 11.8 Å². The fraction of sp³-hybridized carbons (Fsp3) is 0.706. The van der Waals surface area contributed by atoms with Crippen molar-refractivity contribution in [1.29, 1.82) is 0 Å². The van der Waals surface area contributed by atoms with Gasteiger partial charge in [0.2, 0.25) is 0 Å². The molecule has 0 aromatic heterocycles. The molecule has 0 saturated heterocycles. The van der Waals surface area contributed by atoms with Gasteiger partial charge >= 0.3 is 5.97 Å². The predicted molar refractivity (Wildman–Crippen MR) is 82.4 cm³/mol. The zero-order valence-corrected chi connectivity index (χ0v) is 12.6. The molecule has 0 unspecified atom stereocenters. The summed E-state index contributed by atoms with van der Waals surface area (Å²) in [6, 6.07) is 0. The third-order valence-electron chi connectivity index (χ3n) is 3.05. The van der Waals surface area contributed by atoms with E-state index in [9.17, 15) is 9.90 Å². The molecule has 114 valence electrons. The van der Waals surface area contributed by atoms with Crippen LogP contribution in [0.3, 0.4) is 0 Å². The Kier molecular flexibility index (Phi) is 13.2. The van der Waals surface area contributed by atoms with Gasteiger partial charge in [-0.2, -0.15) is 0 Å². The van der Waals surface area contributed by atoms with Crippen LogP contribution in [-0.4, -0.2) is 22.3 Å². The molecule has 0 aromatic carbocycles. The number of unbranched alkanes of at least 4 members (excludes halogenated alkanes) is 6. The Morgan fingerprint density at radius 1 is 1.15 bits per heavy atom. The number of carboxylic acid groups (broad SMARTS) is 1. The minimum atomic E-state index is -0.715. The molecule has 0 aliphatic heterocycles. The zero-order chi connectivity index (χ0) is 15.1. The molecule has 0 fully saturated rings. The summed E-state index contributed by atoms with van der Waals surface area (Å²) in [5.41, 5.74) is 0. The molecule has 0 saturated carbocycles. The maximum Gasteiger partial charge on any atom is 0.303 e. The third-order valence-corrected chi connectivity index (χ3v) is 3.05. The zero-order valence-electron chi connectivity index (χ0n) is 12.6. The van der Waals surface area contributed by atoms with Gasteiger partial charge in [-0.1, -0.05) is 50.9 Å². The molecule has 0 spiro atoms. The normalized spacial score (nSPS) is 12.1. The molecule has 0 heterocycles. The highest BCUT2D eigenvalue weighted by Crippen LogP contribution is 2.05. The second kappa shape index (κ2) is 14.1. The second-order valence-corrected chi connectivity index (χ2v) is 5.05. The summed E-state index contributed by atoms with van der Waals surface area (Å²) in [6.07, 6.45) is 12.2. The van der Waals surface area contributed by atoms with Crippen molar-refractivity contribution in [2.24, 2.45) is 0 Å². The average Bonchev–Trinajstić information content (AvgIpc) is 2.41. The van der Waals surface area contributed by atoms with E-state index in [0.29, 0.717) is 0 Å². The van der Waals surface area contributed by atoms with Gasteiger partial charge in [-0.3, -0.25) is 4.79 Å². The molecule has 0 rings (SSSR count). The van der Waals surface area contributed by atoms with E-state index < -0.39 is 5.97 Å². The molecule has 0 aliphatic carbocycles. The number of hydrogen-bond donors (Lipinski definition) is 2. The Balaban J connectivity index is 3.45. The number of allylic oxidation sites excluding steroid dienone is 1. The Morgan fingerprint density at radius 2 is 1.90 bits per heavy atom. The molecule has 3 heteroatoms. The summed E-state index contributed by atoms with van der Waals surface area (Å²) < 4.78 is 0. The van der Waals surface area contributed by atoms with Gasteiger partial charge in [0.1, 0.15) is 0 Å². The molecule has 2 N–H and O–H groups in total. The van der Waals surface area contributed by atoms with E-state index >= 15 is 0 Å². The van der Waals surface area contributed by atoms with Gasteiger partial charge in [0, 0.05) is 12.8 Å². The van der Waals surface area contributed by atoms with Crippen molar-refractivity contribution in [1.82, 2.24) is 0 Å². The first kappa shape index (κ1) is 18.7. The first-order valence-corrected chi connectivity index (χ1v) is 7.71. The van der Waals surface area contributed by atoms with Gasteiger partial charge in [0.15, 0.2) is 0 Å². The van der Waals surface area contributed by atoms with Gasteiger partial charge in [0.05, 0.1) is 6.10 Å². The number of carboxylic acids is 1. The number of aliphatic hydroxyl groups is 1. The summed E-state index contributed by atoms with van der Waals surface area (Å²) >= 11 is 0. The molecular weight excluding hydrogens is 252 g/mol. The molecule has 3 nitrogen and oxygen atoms in total. The van der Waals surface area contributed by atoms with Crippen molar-refractivity contribution in [3.63, 3.8) is 0 Å². The van der Waals surface area contributed by atoms with Crippen LogP contribution in [0.5, 0.6) is 0 Å². The summed E-state index contributed by atoms with van der Waals surface area (Å²) in [7, 11) is 0. The second-order valence-electron chi connectivity index (χ2n) is 5.05. The Hall–Kier alpha value is -1.27. The smallest absolute Gasteiger partial charge is 0.303 e. The highest BCUT2D eigenvalue weighted by Gasteiger charge is 1.97. The van der Waals surface area contributed by atoms with Gasteiger partial charge in [-0.15, -0.1) is 0 Å². The standard InChI is InChI=1S/C17H28O3/c1-2-3-10-13-16(18)14-11-8-6-4-5-7-9-12-15-17(19)20/h11,14,16,18H,2-5,7,9-10,12-13,15H2,1H3,(H,19,20)/b14-11+/t16-/m0/s1. The van der Waals surface area contributed by atoms with Crippen LogP contribution in [0.1, 0.15) is 71.1 Å². The van der Waals surface area contributed by atoms with E-state index in [4.69, 9.17) is 5.11 Å². The first-order chi connectivity index (χ1) is 9.66. The number of aliphatic hydroxyl groups excluding tert-OH is 1. The SMILES string of the molecule is CCCCC[C@H](O)/C=C/C#CCCCCCCC(=O)O. The average molecular weight is 280 g/mol. The highest BCUT2D eigenvalue weighted by molar-refractivity contribution is 5.66. The molecular formula is C17H28O3. The van der Waals surface area contributed by atoms with Gasteiger partial charge in [-0.25, -0.2) is 0 Å². The lowest BCUT2D eigenvalue weighted by Gasteiger charge is -2.02. The number of hydrogen-bond acceptors (Lipinski definition) is 2. The monoisotopic (exact) mass is 280 g/mol. The molecule has 0 bridgehead atoms. The maximum absolute atomic E-state index is 10.3. The summed E-state index contributed by atoms with van der Waals surface area (Å²) in [6.45, 7) is 2.15. The van der Waals surface area contributed by atoms with Crippen molar-refractivity contribution in [2.45, 2.75) is 77.2 Å². The lowest BCUT2D eigenvalue weighted by atomic mass is 10.1. The van der Waals surface area contributed by atoms with Crippen LogP contribution in [-0.2, 0) is 4.79 Å². The fourth-order valence-electron chi connectivity index (χ4n) is 1.83. The van der Waals surface area contributed by atoms with Gasteiger partial charge in [0.25, 0.3) is 0 Å². The van der Waals surface area contributed by atoms with Crippen LogP contribution in [0, 0.1) is 11.8 Å². The minimum Gasteiger partial charge on any atom is -0.481 e. The summed E-state index contributed by atoms with van der Waals surface area (Å²) in [5.74, 6) is 5.26. The van der Waals surface area contributed by atoms with Gasteiger partial charge < -0.3 is 10.2 Å². The highest BCUT2D eigenvalue weighted by atomic mass is 16.4. The lowest BCUT2D eigenvalue weighted by molar-refractivity contribution is -0.137. The Bertz CT molecular complexity index is 323. The number of carbonyl (C=O) groups is 1. The quantitative estimate of drug-likeness (QED) is 0.445. The number of aliphatic carboxylic acids is 1. The van der Waals surface area contributed by atoms with E-state index in [-0.39, 0.29) is 12.5 Å².